The standard InChI is InChI=1S/C23H28N2O4/c1-6-7-16-12-17-19(22(26)25(16)4)18(20(21(24)29-17)23(27)28-5)15-10-8-14(9-11-15)13(2)3/h8-13,18H,6-7,24H2,1-5H3. The van der Waals surface area contributed by atoms with Gasteiger partial charge < -0.3 is 19.8 Å². The van der Waals surface area contributed by atoms with Gasteiger partial charge in [-0.1, -0.05) is 51.5 Å². The first-order chi connectivity index (χ1) is 13.8. The van der Waals surface area contributed by atoms with E-state index in [0.29, 0.717) is 17.2 Å². The van der Waals surface area contributed by atoms with Gasteiger partial charge in [-0.05, 0) is 23.5 Å². The van der Waals surface area contributed by atoms with Crippen LogP contribution in [0.3, 0.4) is 0 Å². The molecular weight excluding hydrogens is 368 g/mol. The van der Waals surface area contributed by atoms with Crippen LogP contribution in [0.5, 0.6) is 5.75 Å². The molecule has 0 fully saturated rings. The first kappa shape index (κ1) is 20.7. The van der Waals surface area contributed by atoms with Crippen molar-refractivity contribution in [3.8, 4) is 5.75 Å². The Morgan fingerprint density at radius 2 is 1.93 bits per heavy atom. The third-order valence-corrected chi connectivity index (χ3v) is 5.44. The van der Waals surface area contributed by atoms with E-state index in [1.807, 2.05) is 37.3 Å². The van der Waals surface area contributed by atoms with E-state index in [4.69, 9.17) is 15.2 Å². The monoisotopic (exact) mass is 396 g/mol. The number of hydrogen-bond donors (Lipinski definition) is 1. The molecule has 1 aliphatic rings. The highest BCUT2D eigenvalue weighted by molar-refractivity contribution is 5.92. The largest absolute Gasteiger partial charge is 0.465 e. The number of methoxy groups -OCH3 is 1. The highest BCUT2D eigenvalue weighted by atomic mass is 16.5. The van der Waals surface area contributed by atoms with Crippen molar-refractivity contribution < 1.29 is 14.3 Å². The number of carbonyl (C=O) groups excluding carboxylic acids is 1. The summed E-state index contributed by atoms with van der Waals surface area (Å²) in [7, 11) is 3.03. The van der Waals surface area contributed by atoms with E-state index in [-0.39, 0.29) is 17.0 Å². The third kappa shape index (κ3) is 3.67. The van der Waals surface area contributed by atoms with Crippen molar-refractivity contribution in [2.75, 3.05) is 7.11 Å². The molecule has 6 heteroatoms. The Hall–Kier alpha value is -3.02. The Bertz CT molecular complexity index is 1020. The Kier molecular flexibility index (Phi) is 5.82. The average molecular weight is 396 g/mol. The Balaban J connectivity index is 2.26. The maximum atomic E-state index is 13.3. The molecule has 0 spiro atoms. The lowest BCUT2D eigenvalue weighted by atomic mass is 9.82. The molecule has 0 aliphatic carbocycles. The number of carbonyl (C=O) groups is 1. The number of esters is 1. The first-order valence-corrected chi connectivity index (χ1v) is 9.88. The van der Waals surface area contributed by atoms with E-state index < -0.39 is 11.9 Å². The predicted molar refractivity (Wildman–Crippen MR) is 112 cm³/mol. The van der Waals surface area contributed by atoms with Crippen molar-refractivity contribution >= 4 is 5.97 Å². The number of fused-ring (bicyclic) bond motifs is 1. The van der Waals surface area contributed by atoms with Gasteiger partial charge in [0.25, 0.3) is 5.56 Å². The minimum atomic E-state index is -0.651. The molecular formula is C23H28N2O4. The molecule has 0 saturated carbocycles. The van der Waals surface area contributed by atoms with Crippen molar-refractivity contribution in [1.82, 2.24) is 4.57 Å². The Morgan fingerprint density at radius 1 is 1.28 bits per heavy atom. The molecule has 2 heterocycles. The van der Waals surface area contributed by atoms with Crippen LogP contribution >= 0.6 is 0 Å². The molecule has 6 nitrogen and oxygen atoms in total. The fourth-order valence-corrected chi connectivity index (χ4v) is 3.78. The van der Waals surface area contributed by atoms with Crippen LogP contribution < -0.4 is 16.0 Å². The van der Waals surface area contributed by atoms with Gasteiger partial charge in [0, 0.05) is 18.8 Å². The molecule has 1 aromatic carbocycles. The summed E-state index contributed by atoms with van der Waals surface area (Å²) in [6, 6.07) is 9.73. The second kappa shape index (κ2) is 8.15. The van der Waals surface area contributed by atoms with E-state index >= 15 is 0 Å². The van der Waals surface area contributed by atoms with Gasteiger partial charge in [-0.15, -0.1) is 0 Å². The summed E-state index contributed by atoms with van der Waals surface area (Å²) in [6.07, 6.45) is 1.63. The number of pyridine rings is 1. The maximum absolute atomic E-state index is 13.3. The summed E-state index contributed by atoms with van der Waals surface area (Å²) in [4.78, 5) is 25.9. The Morgan fingerprint density at radius 3 is 2.48 bits per heavy atom. The molecule has 2 N–H and O–H groups in total. The zero-order chi connectivity index (χ0) is 21.3. The minimum absolute atomic E-state index is 0.0296. The summed E-state index contributed by atoms with van der Waals surface area (Å²) in [5.41, 5.74) is 9.32. The molecule has 154 valence electrons. The normalized spacial score (nSPS) is 15.9. The number of hydrogen-bond acceptors (Lipinski definition) is 5. The van der Waals surface area contributed by atoms with Crippen LogP contribution in [-0.2, 0) is 23.0 Å². The van der Waals surface area contributed by atoms with Crippen molar-refractivity contribution in [2.45, 2.75) is 45.4 Å². The van der Waals surface area contributed by atoms with Crippen LogP contribution in [0.2, 0.25) is 0 Å². The second-order valence-electron chi connectivity index (χ2n) is 7.65. The van der Waals surface area contributed by atoms with Gasteiger partial charge in [0.05, 0.1) is 18.6 Å². The third-order valence-electron chi connectivity index (χ3n) is 5.44. The number of benzene rings is 1. The number of nitrogens with zero attached hydrogens (tertiary/aromatic N) is 1. The lowest BCUT2D eigenvalue weighted by Crippen LogP contribution is -2.34. The van der Waals surface area contributed by atoms with E-state index in [2.05, 4.69) is 13.8 Å². The summed E-state index contributed by atoms with van der Waals surface area (Å²) in [5.74, 6) is -0.513. The topological polar surface area (TPSA) is 83.5 Å². The quantitative estimate of drug-likeness (QED) is 0.784. The average Bonchev–Trinajstić information content (AvgIpc) is 2.70. The SMILES string of the molecule is CCCc1cc2c(c(=O)n1C)C(c1ccc(C(C)C)cc1)C(C(=O)OC)=C(N)O2. The van der Waals surface area contributed by atoms with Crippen molar-refractivity contribution in [1.29, 1.82) is 0 Å². The summed E-state index contributed by atoms with van der Waals surface area (Å²) in [5, 5.41) is 0. The van der Waals surface area contributed by atoms with Gasteiger partial charge in [0.1, 0.15) is 11.3 Å². The number of nitrogens with two attached hydrogens (primary N) is 1. The van der Waals surface area contributed by atoms with Crippen LogP contribution in [0.15, 0.2) is 46.6 Å². The fourth-order valence-electron chi connectivity index (χ4n) is 3.78. The Labute approximate surface area is 170 Å². The molecule has 0 bridgehead atoms. The number of aryl methyl sites for hydroxylation is 1. The maximum Gasteiger partial charge on any atom is 0.340 e. The zero-order valence-electron chi connectivity index (χ0n) is 17.6. The van der Waals surface area contributed by atoms with Crippen LogP contribution in [-0.4, -0.2) is 17.6 Å². The van der Waals surface area contributed by atoms with Crippen molar-refractivity contribution in [3.05, 3.63) is 74.5 Å². The summed E-state index contributed by atoms with van der Waals surface area (Å²) >= 11 is 0. The first-order valence-electron chi connectivity index (χ1n) is 9.88. The van der Waals surface area contributed by atoms with Crippen LogP contribution in [0, 0.1) is 0 Å². The van der Waals surface area contributed by atoms with Gasteiger partial charge in [0.2, 0.25) is 5.88 Å². The van der Waals surface area contributed by atoms with Gasteiger partial charge in [-0.25, -0.2) is 4.79 Å². The smallest absolute Gasteiger partial charge is 0.340 e. The number of ether oxygens (including phenoxy) is 2. The highest BCUT2D eigenvalue weighted by Gasteiger charge is 2.38. The van der Waals surface area contributed by atoms with E-state index in [1.54, 1.807) is 11.6 Å². The molecule has 29 heavy (non-hydrogen) atoms. The van der Waals surface area contributed by atoms with Gasteiger partial charge in [-0.3, -0.25) is 4.79 Å². The summed E-state index contributed by atoms with van der Waals surface area (Å²) in [6.45, 7) is 6.27. The molecule has 1 atom stereocenters. The van der Waals surface area contributed by atoms with Crippen molar-refractivity contribution in [3.63, 3.8) is 0 Å². The van der Waals surface area contributed by atoms with Crippen LogP contribution in [0.25, 0.3) is 0 Å². The number of aromatic nitrogens is 1. The molecule has 1 aromatic heterocycles. The molecule has 1 unspecified atom stereocenters. The van der Waals surface area contributed by atoms with Crippen LogP contribution in [0.1, 0.15) is 61.4 Å². The molecule has 3 rings (SSSR count). The highest BCUT2D eigenvalue weighted by Crippen LogP contribution is 2.41. The summed E-state index contributed by atoms with van der Waals surface area (Å²) < 4.78 is 12.3. The van der Waals surface area contributed by atoms with Crippen LogP contribution in [0.4, 0.5) is 0 Å². The second-order valence-corrected chi connectivity index (χ2v) is 7.65. The number of rotatable bonds is 5. The van der Waals surface area contributed by atoms with E-state index in [1.165, 1.54) is 12.7 Å². The van der Waals surface area contributed by atoms with Gasteiger partial charge in [-0.2, -0.15) is 0 Å². The van der Waals surface area contributed by atoms with Crippen molar-refractivity contribution in [2.24, 2.45) is 12.8 Å². The molecule has 0 radical (unpaired) electrons. The van der Waals surface area contributed by atoms with E-state index in [0.717, 1.165) is 24.1 Å². The fraction of sp³-hybridized carbons (Fsp3) is 0.391. The minimum Gasteiger partial charge on any atom is -0.465 e. The van der Waals surface area contributed by atoms with E-state index in [9.17, 15) is 9.59 Å². The predicted octanol–water partition coefficient (Wildman–Crippen LogP) is 3.33. The molecule has 2 aromatic rings. The lowest BCUT2D eigenvalue weighted by molar-refractivity contribution is -0.136. The zero-order valence-corrected chi connectivity index (χ0v) is 17.6. The van der Waals surface area contributed by atoms with Gasteiger partial charge in [0.15, 0.2) is 0 Å². The molecule has 1 aliphatic heterocycles. The van der Waals surface area contributed by atoms with Gasteiger partial charge >= 0.3 is 5.97 Å². The lowest BCUT2D eigenvalue weighted by Gasteiger charge is -2.29. The molecule has 0 amide bonds. The molecule has 0 saturated heterocycles.